The van der Waals surface area contributed by atoms with Crippen LogP contribution in [0.15, 0.2) is 35.4 Å². The molecule has 0 spiro atoms. The molecular formula is C30H43F2N7O2. The molecule has 1 aromatic rings. The minimum atomic E-state index is -2.71. The molecule has 2 bridgehead atoms. The van der Waals surface area contributed by atoms with Crippen molar-refractivity contribution in [3.8, 4) is 0 Å². The molecule has 9 nitrogen and oxygen atoms in total. The van der Waals surface area contributed by atoms with Crippen LogP contribution in [0.2, 0.25) is 0 Å². The van der Waals surface area contributed by atoms with Crippen LogP contribution in [-0.2, 0) is 4.74 Å². The standard InChI is InChI=1S/C30H43F2N7O2/c1-28(2,40)20-37(3)30-11-8-29(9-12-30,10-13-30)19-33-27-35-23(38-14-16-41-17-15-38)18-24(36-27)39-22-7-5-4-6-21(22)34-26(39)25(31)32/h4-7,18,21-22,25,40H,8-17,19-20H2,1-3H3,(H,33,35,36). The highest BCUT2D eigenvalue weighted by Gasteiger charge is 2.51. The molecule has 2 unspecified atom stereocenters. The molecule has 2 N–H and O–H groups in total. The van der Waals surface area contributed by atoms with Gasteiger partial charge in [-0.05, 0) is 64.8 Å². The maximum atomic E-state index is 14.2. The van der Waals surface area contributed by atoms with E-state index < -0.39 is 12.0 Å². The average Bonchev–Trinajstić information content (AvgIpc) is 3.37. The van der Waals surface area contributed by atoms with Crippen molar-refractivity contribution in [2.75, 3.05) is 61.6 Å². The number of ether oxygens (including phenoxy) is 1. The lowest BCUT2D eigenvalue weighted by Gasteiger charge is -2.57. The van der Waals surface area contributed by atoms with E-state index >= 15 is 0 Å². The monoisotopic (exact) mass is 571 g/mol. The van der Waals surface area contributed by atoms with Crippen LogP contribution in [0.25, 0.3) is 0 Å². The zero-order valence-corrected chi connectivity index (χ0v) is 24.4. The maximum Gasteiger partial charge on any atom is 0.295 e. The Morgan fingerprint density at radius 3 is 2.39 bits per heavy atom. The fraction of sp³-hybridized carbons (Fsp3) is 0.700. The number of amidine groups is 1. The molecule has 7 rings (SSSR count). The highest BCUT2D eigenvalue weighted by Crippen LogP contribution is 2.54. The number of alkyl halides is 2. The summed E-state index contributed by atoms with van der Waals surface area (Å²) in [7, 11) is 2.15. The van der Waals surface area contributed by atoms with Gasteiger partial charge in [0.2, 0.25) is 5.95 Å². The van der Waals surface area contributed by atoms with Crippen LogP contribution in [0.5, 0.6) is 0 Å². The van der Waals surface area contributed by atoms with E-state index in [1.54, 1.807) is 4.90 Å². The molecule has 3 heterocycles. The Morgan fingerprint density at radius 2 is 1.73 bits per heavy atom. The number of fused-ring (bicyclic) bond motifs is 4. The number of nitrogens with one attached hydrogen (secondary N) is 1. The van der Waals surface area contributed by atoms with Gasteiger partial charge in [0.25, 0.3) is 6.43 Å². The Labute approximate surface area is 241 Å². The highest BCUT2D eigenvalue weighted by molar-refractivity contribution is 6.03. The van der Waals surface area contributed by atoms with E-state index in [0.29, 0.717) is 50.4 Å². The number of aliphatic imine (C=N–C) groups is 1. The third kappa shape index (κ3) is 5.72. The molecule has 1 saturated heterocycles. The molecule has 11 heteroatoms. The first-order valence-electron chi connectivity index (χ1n) is 15.0. The van der Waals surface area contributed by atoms with Crippen molar-refractivity contribution in [3.63, 3.8) is 0 Å². The van der Waals surface area contributed by atoms with Crippen molar-refractivity contribution in [2.24, 2.45) is 10.4 Å². The van der Waals surface area contributed by atoms with Gasteiger partial charge in [0.05, 0.1) is 30.9 Å². The molecule has 6 aliphatic rings. The van der Waals surface area contributed by atoms with E-state index in [1.165, 1.54) is 0 Å². The van der Waals surface area contributed by atoms with Gasteiger partial charge in [-0.15, -0.1) is 0 Å². The number of halogens is 2. The maximum absolute atomic E-state index is 14.2. The number of hydrogen-bond acceptors (Lipinski definition) is 9. The van der Waals surface area contributed by atoms with E-state index in [0.717, 1.165) is 45.1 Å². The average molecular weight is 572 g/mol. The van der Waals surface area contributed by atoms with Gasteiger partial charge in [-0.2, -0.15) is 9.97 Å². The first-order chi connectivity index (χ1) is 19.6. The molecular weight excluding hydrogens is 528 g/mol. The number of rotatable bonds is 9. The molecule has 2 atom stereocenters. The van der Waals surface area contributed by atoms with Gasteiger partial charge >= 0.3 is 0 Å². The SMILES string of the molecule is CN(CC(C)(C)O)C12CCC(CNc3nc(N4CCOCC4)cc(N4C(C(F)F)=NC5C=CC=CC54)n3)(CC1)CC2. The first-order valence-corrected chi connectivity index (χ1v) is 15.0. The first kappa shape index (κ1) is 28.5. The number of allylic oxidation sites excluding steroid dienone is 2. The van der Waals surface area contributed by atoms with Crippen molar-refractivity contribution in [1.29, 1.82) is 0 Å². The van der Waals surface area contributed by atoms with Gasteiger partial charge in [-0.25, -0.2) is 8.78 Å². The van der Waals surface area contributed by atoms with E-state index in [-0.39, 0.29) is 28.9 Å². The highest BCUT2D eigenvalue weighted by atomic mass is 19.3. The van der Waals surface area contributed by atoms with Crippen LogP contribution in [0, 0.1) is 5.41 Å². The number of β-amino-alcohol motifs (C(OH)–C–C–N with tert-alkyl or cyclic N) is 1. The van der Waals surface area contributed by atoms with E-state index in [4.69, 9.17) is 14.7 Å². The summed E-state index contributed by atoms with van der Waals surface area (Å²) in [5, 5.41) is 13.9. The quantitative estimate of drug-likeness (QED) is 0.462. The Hall–Kier alpha value is -2.63. The summed E-state index contributed by atoms with van der Waals surface area (Å²) < 4.78 is 34.0. The molecule has 4 fully saturated rings. The topological polar surface area (TPSA) is 89.3 Å². The third-order valence-corrected chi connectivity index (χ3v) is 9.80. The van der Waals surface area contributed by atoms with Crippen molar-refractivity contribution in [3.05, 3.63) is 30.4 Å². The fourth-order valence-corrected chi connectivity index (χ4v) is 7.42. The minimum absolute atomic E-state index is 0.154. The van der Waals surface area contributed by atoms with Crippen molar-refractivity contribution in [2.45, 2.75) is 82.0 Å². The molecule has 41 heavy (non-hydrogen) atoms. The van der Waals surface area contributed by atoms with Gasteiger partial charge in [0, 0.05) is 37.8 Å². The van der Waals surface area contributed by atoms with E-state index in [2.05, 4.69) is 27.2 Å². The fourth-order valence-electron chi connectivity index (χ4n) is 7.42. The van der Waals surface area contributed by atoms with Crippen LogP contribution in [0.1, 0.15) is 52.4 Å². The molecule has 0 radical (unpaired) electrons. The summed E-state index contributed by atoms with van der Waals surface area (Å²) in [6, 6.07) is 1.11. The second kappa shape index (κ2) is 10.9. The summed E-state index contributed by atoms with van der Waals surface area (Å²) >= 11 is 0. The molecule has 1 aromatic heterocycles. The lowest BCUT2D eigenvalue weighted by Crippen LogP contribution is -2.59. The summed E-state index contributed by atoms with van der Waals surface area (Å²) in [4.78, 5) is 20.1. The van der Waals surface area contributed by atoms with Gasteiger partial charge in [0.15, 0.2) is 5.84 Å². The number of aliphatic hydroxyl groups is 1. The van der Waals surface area contributed by atoms with Gasteiger partial charge < -0.3 is 25.0 Å². The van der Waals surface area contributed by atoms with Gasteiger partial charge in [-0.1, -0.05) is 24.3 Å². The lowest BCUT2D eigenvalue weighted by atomic mass is 9.56. The smallest absolute Gasteiger partial charge is 0.295 e. The summed E-state index contributed by atoms with van der Waals surface area (Å²) in [6.07, 6.45) is 11.4. The number of likely N-dealkylation sites (N-methyl/N-ethyl adjacent to an activating group) is 1. The Kier molecular flexibility index (Phi) is 7.57. The van der Waals surface area contributed by atoms with Crippen molar-refractivity contribution < 1.29 is 18.6 Å². The Bertz CT molecular complexity index is 1180. The summed E-state index contributed by atoms with van der Waals surface area (Å²) in [5.74, 6) is 1.36. The van der Waals surface area contributed by atoms with Crippen molar-refractivity contribution in [1.82, 2.24) is 14.9 Å². The number of nitrogens with zero attached hydrogens (tertiary/aromatic N) is 6. The number of anilines is 3. The Balaban J connectivity index is 1.23. The van der Waals surface area contributed by atoms with Crippen LogP contribution < -0.4 is 15.1 Å². The summed E-state index contributed by atoms with van der Waals surface area (Å²) in [5.41, 5.74) is -0.409. The normalized spacial score (nSPS) is 31.3. The zero-order chi connectivity index (χ0) is 28.8. The van der Waals surface area contributed by atoms with Crippen LogP contribution in [-0.4, -0.2) is 102 Å². The van der Waals surface area contributed by atoms with E-state index in [9.17, 15) is 13.9 Å². The number of hydrogen-bond donors (Lipinski definition) is 2. The summed E-state index contributed by atoms with van der Waals surface area (Å²) in [6.45, 7) is 7.72. The van der Waals surface area contributed by atoms with Crippen LogP contribution in [0.4, 0.5) is 26.4 Å². The molecule has 0 aromatic carbocycles. The Morgan fingerprint density at radius 1 is 1.07 bits per heavy atom. The second-order valence-corrected chi connectivity index (χ2v) is 13.2. The van der Waals surface area contributed by atoms with Crippen LogP contribution >= 0.6 is 0 Å². The second-order valence-electron chi connectivity index (χ2n) is 13.2. The van der Waals surface area contributed by atoms with Crippen molar-refractivity contribution >= 4 is 23.4 Å². The minimum Gasteiger partial charge on any atom is -0.389 e. The number of morpholine rings is 1. The number of aromatic nitrogens is 2. The molecule has 2 aliphatic heterocycles. The molecule has 3 saturated carbocycles. The lowest BCUT2D eigenvalue weighted by molar-refractivity contribution is -0.0676. The molecule has 4 aliphatic carbocycles. The van der Waals surface area contributed by atoms with E-state index in [1.807, 2.05) is 44.2 Å². The zero-order valence-electron chi connectivity index (χ0n) is 24.4. The molecule has 224 valence electrons. The third-order valence-electron chi connectivity index (χ3n) is 9.80. The largest absolute Gasteiger partial charge is 0.389 e. The molecule has 0 amide bonds. The predicted octanol–water partition coefficient (Wildman–Crippen LogP) is 3.87. The van der Waals surface area contributed by atoms with Crippen LogP contribution in [0.3, 0.4) is 0 Å². The predicted molar refractivity (Wildman–Crippen MR) is 157 cm³/mol. The van der Waals surface area contributed by atoms with Gasteiger partial charge in [0.1, 0.15) is 11.6 Å². The van der Waals surface area contributed by atoms with Gasteiger partial charge in [-0.3, -0.25) is 9.89 Å².